The second-order valence-electron chi connectivity index (χ2n) is 5.91. The normalized spacial score (nSPS) is 21.4. The van der Waals surface area contributed by atoms with Crippen LogP contribution in [0.1, 0.15) is 51.0 Å². The van der Waals surface area contributed by atoms with Crippen molar-refractivity contribution in [2.75, 3.05) is 5.32 Å². The van der Waals surface area contributed by atoms with Gasteiger partial charge in [-0.2, -0.15) is 0 Å². The van der Waals surface area contributed by atoms with Gasteiger partial charge >= 0.3 is 0 Å². The van der Waals surface area contributed by atoms with Gasteiger partial charge in [0, 0.05) is 17.6 Å². The van der Waals surface area contributed by atoms with E-state index in [1.165, 1.54) is 18.4 Å². The molecule has 0 aromatic heterocycles. The Morgan fingerprint density at radius 1 is 1.29 bits per heavy atom. The van der Waals surface area contributed by atoms with Crippen LogP contribution in [0, 0.1) is 5.92 Å². The SMILES string of the molecule is CCCCc1ccc(NC(=O)C2CCCC(N)C2)cc1.Cl. The molecule has 1 saturated carbocycles. The predicted molar refractivity (Wildman–Crippen MR) is 90.9 cm³/mol. The van der Waals surface area contributed by atoms with Crippen molar-refractivity contribution < 1.29 is 4.79 Å². The Bertz CT molecular complexity index is 433. The van der Waals surface area contributed by atoms with Gasteiger partial charge in [0.15, 0.2) is 0 Å². The molecule has 2 atom stereocenters. The lowest BCUT2D eigenvalue weighted by Gasteiger charge is -2.25. The molecule has 0 bridgehead atoms. The monoisotopic (exact) mass is 310 g/mol. The summed E-state index contributed by atoms with van der Waals surface area (Å²) in [5.41, 5.74) is 8.18. The van der Waals surface area contributed by atoms with Crippen LogP contribution in [0.4, 0.5) is 5.69 Å². The quantitative estimate of drug-likeness (QED) is 0.866. The van der Waals surface area contributed by atoms with Crippen LogP contribution in [0.5, 0.6) is 0 Å². The van der Waals surface area contributed by atoms with Crippen LogP contribution in [0.25, 0.3) is 0 Å². The lowest BCUT2D eigenvalue weighted by molar-refractivity contribution is -0.120. The molecule has 0 aliphatic heterocycles. The molecular formula is C17H27ClN2O. The Morgan fingerprint density at radius 2 is 2.00 bits per heavy atom. The van der Waals surface area contributed by atoms with Crippen LogP contribution in [0.2, 0.25) is 0 Å². The Balaban J connectivity index is 0.00000220. The van der Waals surface area contributed by atoms with E-state index in [1.807, 2.05) is 12.1 Å². The van der Waals surface area contributed by atoms with Gasteiger partial charge in [-0.3, -0.25) is 4.79 Å². The van der Waals surface area contributed by atoms with Crippen LogP contribution >= 0.6 is 12.4 Å². The third-order valence-electron chi connectivity index (χ3n) is 4.13. The summed E-state index contributed by atoms with van der Waals surface area (Å²) in [6, 6.07) is 8.42. The summed E-state index contributed by atoms with van der Waals surface area (Å²) in [6.07, 6.45) is 7.44. The Labute approximate surface area is 134 Å². The first-order valence-corrected chi connectivity index (χ1v) is 7.84. The van der Waals surface area contributed by atoms with Crippen LogP contribution in [0.3, 0.4) is 0 Å². The van der Waals surface area contributed by atoms with Gasteiger partial charge in [-0.25, -0.2) is 0 Å². The number of carbonyl (C=O) groups is 1. The average Bonchev–Trinajstić information content (AvgIpc) is 2.46. The molecule has 1 amide bonds. The molecule has 1 aliphatic rings. The van der Waals surface area contributed by atoms with E-state index >= 15 is 0 Å². The van der Waals surface area contributed by atoms with E-state index in [4.69, 9.17) is 5.73 Å². The molecule has 2 rings (SSSR count). The molecule has 1 aromatic carbocycles. The molecule has 3 nitrogen and oxygen atoms in total. The van der Waals surface area contributed by atoms with Gasteiger partial charge in [-0.1, -0.05) is 31.9 Å². The van der Waals surface area contributed by atoms with Crippen molar-refractivity contribution >= 4 is 24.0 Å². The van der Waals surface area contributed by atoms with Crippen molar-refractivity contribution in [1.82, 2.24) is 0 Å². The van der Waals surface area contributed by atoms with Crippen LogP contribution in [0.15, 0.2) is 24.3 Å². The molecule has 1 aliphatic carbocycles. The van der Waals surface area contributed by atoms with Crippen molar-refractivity contribution in [1.29, 1.82) is 0 Å². The van der Waals surface area contributed by atoms with Gasteiger partial charge in [-0.15, -0.1) is 12.4 Å². The van der Waals surface area contributed by atoms with Crippen LogP contribution < -0.4 is 11.1 Å². The second-order valence-corrected chi connectivity index (χ2v) is 5.91. The van der Waals surface area contributed by atoms with Gasteiger partial charge in [0.2, 0.25) is 5.91 Å². The zero-order valence-electron chi connectivity index (χ0n) is 12.8. The lowest BCUT2D eigenvalue weighted by atomic mass is 9.85. The first-order chi connectivity index (χ1) is 9.69. The molecule has 1 aromatic rings. The van der Waals surface area contributed by atoms with Crippen molar-refractivity contribution in [3.63, 3.8) is 0 Å². The number of hydrogen-bond acceptors (Lipinski definition) is 2. The fourth-order valence-corrected chi connectivity index (χ4v) is 2.85. The van der Waals surface area contributed by atoms with E-state index in [0.29, 0.717) is 0 Å². The number of anilines is 1. The molecule has 0 heterocycles. The van der Waals surface area contributed by atoms with E-state index in [-0.39, 0.29) is 30.3 Å². The summed E-state index contributed by atoms with van der Waals surface area (Å²) in [5, 5.41) is 3.02. The van der Waals surface area contributed by atoms with Crippen molar-refractivity contribution in [2.45, 2.75) is 57.9 Å². The first kappa shape index (κ1) is 18.0. The molecule has 0 radical (unpaired) electrons. The molecular weight excluding hydrogens is 284 g/mol. The zero-order chi connectivity index (χ0) is 14.4. The molecule has 3 N–H and O–H groups in total. The summed E-state index contributed by atoms with van der Waals surface area (Å²) < 4.78 is 0. The van der Waals surface area contributed by atoms with Crippen molar-refractivity contribution in [2.24, 2.45) is 11.7 Å². The second kappa shape index (κ2) is 9.06. The Kier molecular flexibility index (Phi) is 7.76. The molecule has 0 saturated heterocycles. The summed E-state index contributed by atoms with van der Waals surface area (Å²) >= 11 is 0. The fourth-order valence-electron chi connectivity index (χ4n) is 2.85. The summed E-state index contributed by atoms with van der Waals surface area (Å²) in [5.74, 6) is 0.208. The van der Waals surface area contributed by atoms with Gasteiger partial charge in [0.1, 0.15) is 0 Å². The topological polar surface area (TPSA) is 55.1 Å². The molecule has 4 heteroatoms. The van der Waals surface area contributed by atoms with Gasteiger partial charge < -0.3 is 11.1 Å². The number of benzene rings is 1. The number of amides is 1. The number of nitrogens with two attached hydrogens (primary N) is 1. The number of unbranched alkanes of at least 4 members (excludes halogenated alkanes) is 1. The highest BCUT2D eigenvalue weighted by Gasteiger charge is 2.25. The summed E-state index contributed by atoms with van der Waals surface area (Å²) in [4.78, 5) is 12.2. The number of halogens is 1. The third-order valence-corrected chi connectivity index (χ3v) is 4.13. The van der Waals surface area contributed by atoms with Gasteiger partial charge in [0.25, 0.3) is 0 Å². The van der Waals surface area contributed by atoms with Gasteiger partial charge in [0.05, 0.1) is 0 Å². The van der Waals surface area contributed by atoms with Crippen molar-refractivity contribution in [3.05, 3.63) is 29.8 Å². The number of aryl methyl sites for hydroxylation is 1. The number of hydrogen-bond donors (Lipinski definition) is 2. The minimum Gasteiger partial charge on any atom is -0.328 e. The van der Waals surface area contributed by atoms with Crippen LogP contribution in [-0.2, 0) is 11.2 Å². The highest BCUT2D eigenvalue weighted by atomic mass is 35.5. The fraction of sp³-hybridized carbons (Fsp3) is 0.588. The molecule has 21 heavy (non-hydrogen) atoms. The average molecular weight is 311 g/mol. The Hall–Kier alpha value is -1.06. The molecule has 1 fully saturated rings. The molecule has 118 valence electrons. The maximum Gasteiger partial charge on any atom is 0.227 e. The number of rotatable bonds is 5. The van der Waals surface area contributed by atoms with E-state index in [9.17, 15) is 4.79 Å². The van der Waals surface area contributed by atoms with Crippen LogP contribution in [-0.4, -0.2) is 11.9 Å². The first-order valence-electron chi connectivity index (χ1n) is 7.84. The number of carbonyl (C=O) groups excluding carboxylic acids is 1. The predicted octanol–water partition coefficient (Wildman–Crippen LogP) is 3.91. The zero-order valence-corrected chi connectivity index (χ0v) is 13.6. The third kappa shape index (κ3) is 5.68. The van der Waals surface area contributed by atoms with Gasteiger partial charge in [-0.05, 0) is 49.8 Å². The minimum absolute atomic E-state index is 0. The molecule has 2 unspecified atom stereocenters. The standard InChI is InChI=1S/C17H26N2O.ClH/c1-2-3-5-13-8-10-16(11-9-13)19-17(20)14-6-4-7-15(18)12-14;/h8-11,14-15H,2-7,12,18H2,1H3,(H,19,20);1H. The van der Waals surface area contributed by atoms with E-state index in [2.05, 4.69) is 24.4 Å². The molecule has 0 spiro atoms. The van der Waals surface area contributed by atoms with Crippen molar-refractivity contribution in [3.8, 4) is 0 Å². The van der Waals surface area contributed by atoms with E-state index in [1.54, 1.807) is 0 Å². The largest absolute Gasteiger partial charge is 0.328 e. The number of nitrogens with one attached hydrogen (secondary N) is 1. The lowest BCUT2D eigenvalue weighted by Crippen LogP contribution is -2.34. The minimum atomic E-state index is 0. The summed E-state index contributed by atoms with van der Waals surface area (Å²) in [7, 11) is 0. The highest BCUT2D eigenvalue weighted by molar-refractivity contribution is 5.92. The highest BCUT2D eigenvalue weighted by Crippen LogP contribution is 2.24. The van der Waals surface area contributed by atoms with E-state index in [0.717, 1.165) is 37.8 Å². The Morgan fingerprint density at radius 3 is 2.62 bits per heavy atom. The summed E-state index contributed by atoms with van der Waals surface area (Å²) in [6.45, 7) is 2.20. The maximum atomic E-state index is 12.2. The smallest absolute Gasteiger partial charge is 0.227 e. The van der Waals surface area contributed by atoms with E-state index < -0.39 is 0 Å². The maximum absolute atomic E-state index is 12.2.